The Morgan fingerprint density at radius 3 is 2.60 bits per heavy atom. The van der Waals surface area contributed by atoms with Gasteiger partial charge in [0.25, 0.3) is 0 Å². The van der Waals surface area contributed by atoms with Crippen LogP contribution in [0.1, 0.15) is 29.3 Å². The van der Waals surface area contributed by atoms with Gasteiger partial charge in [0, 0.05) is 11.8 Å². The molecule has 0 spiro atoms. The molecule has 1 heterocycles. The third kappa shape index (κ3) is 5.35. The minimum atomic E-state index is 0.354. The van der Waals surface area contributed by atoms with Crippen molar-refractivity contribution in [2.45, 2.75) is 27.4 Å². The van der Waals surface area contributed by atoms with Crippen molar-refractivity contribution >= 4 is 6.21 Å². The number of aryl methyl sites for hydroxylation is 2. The van der Waals surface area contributed by atoms with E-state index in [2.05, 4.69) is 10.1 Å². The quantitative estimate of drug-likeness (QED) is 0.410. The maximum Gasteiger partial charge on any atom is 0.131 e. The normalized spacial score (nSPS) is 11.2. The lowest BCUT2D eigenvalue weighted by molar-refractivity contribution is 0.215. The Bertz CT molecular complexity index is 731. The molecule has 1 aromatic heterocycles. The van der Waals surface area contributed by atoms with Gasteiger partial charge < -0.3 is 14.3 Å². The molecule has 0 radical (unpaired) electrons. The van der Waals surface area contributed by atoms with E-state index in [4.69, 9.17) is 14.3 Å². The van der Waals surface area contributed by atoms with E-state index < -0.39 is 0 Å². The van der Waals surface area contributed by atoms with E-state index in [0.29, 0.717) is 13.2 Å². The Balaban J connectivity index is 2.12. The van der Waals surface area contributed by atoms with Crippen LogP contribution in [-0.4, -0.2) is 24.9 Å². The van der Waals surface area contributed by atoms with Crippen molar-refractivity contribution in [1.82, 2.24) is 4.98 Å². The molecule has 0 N–H and O–H groups in total. The van der Waals surface area contributed by atoms with Crippen LogP contribution in [0.2, 0.25) is 0 Å². The highest BCUT2D eigenvalue weighted by molar-refractivity contribution is 5.80. The van der Waals surface area contributed by atoms with Crippen LogP contribution in [0.25, 0.3) is 0 Å². The number of oxime groups is 1. The van der Waals surface area contributed by atoms with Crippen LogP contribution in [0.4, 0.5) is 0 Å². The van der Waals surface area contributed by atoms with Crippen molar-refractivity contribution in [3.63, 3.8) is 0 Å². The molecule has 0 saturated carbocycles. The lowest BCUT2D eigenvalue weighted by Gasteiger charge is -2.14. The number of hydrogen-bond donors (Lipinski definition) is 0. The van der Waals surface area contributed by atoms with Gasteiger partial charge in [-0.25, -0.2) is 0 Å². The summed E-state index contributed by atoms with van der Waals surface area (Å²) in [5, 5.41) is 3.80. The van der Waals surface area contributed by atoms with Crippen LogP contribution < -0.4 is 9.47 Å². The van der Waals surface area contributed by atoms with Gasteiger partial charge in [-0.15, -0.1) is 0 Å². The van der Waals surface area contributed by atoms with Crippen molar-refractivity contribution < 1.29 is 14.3 Å². The van der Waals surface area contributed by atoms with Gasteiger partial charge in [0.2, 0.25) is 0 Å². The summed E-state index contributed by atoms with van der Waals surface area (Å²) in [6.07, 6.45) is 7.30. The fourth-order valence-corrected chi connectivity index (χ4v) is 2.40. The molecule has 0 bridgehead atoms. The van der Waals surface area contributed by atoms with Gasteiger partial charge in [-0.05, 0) is 56.2 Å². The highest BCUT2D eigenvalue weighted by Gasteiger charge is 2.09. The van der Waals surface area contributed by atoms with Crippen molar-refractivity contribution in [2.24, 2.45) is 5.16 Å². The van der Waals surface area contributed by atoms with Crippen LogP contribution in [0.5, 0.6) is 11.5 Å². The zero-order chi connectivity index (χ0) is 18.1. The molecule has 5 nitrogen and oxygen atoms in total. The number of hydrogen-bond acceptors (Lipinski definition) is 5. The van der Waals surface area contributed by atoms with Crippen LogP contribution in [0.3, 0.4) is 0 Å². The minimum absolute atomic E-state index is 0.354. The third-order valence-electron chi connectivity index (χ3n) is 3.59. The molecule has 0 atom stereocenters. The molecule has 2 rings (SSSR count). The molecular weight excluding hydrogens is 316 g/mol. The molecule has 5 heteroatoms. The van der Waals surface area contributed by atoms with Crippen LogP contribution in [-0.2, 0) is 11.4 Å². The standard InChI is InChI=1S/C20H24N2O3/c1-5-6-10-24-18-11-15(2)20(16(3)12-18)25-14-19-17(13-22-23-4)8-7-9-21-19/h5-9,11-13H,10,14H2,1-4H3/b6-5+,22-13-. The van der Waals surface area contributed by atoms with E-state index in [1.807, 2.05) is 57.2 Å². The van der Waals surface area contributed by atoms with Crippen molar-refractivity contribution in [1.29, 1.82) is 0 Å². The van der Waals surface area contributed by atoms with E-state index in [-0.39, 0.29) is 0 Å². The largest absolute Gasteiger partial charge is 0.490 e. The molecule has 25 heavy (non-hydrogen) atoms. The first-order valence-electron chi connectivity index (χ1n) is 8.14. The first-order valence-corrected chi connectivity index (χ1v) is 8.14. The first kappa shape index (κ1) is 18.5. The molecule has 0 aliphatic carbocycles. The number of pyridine rings is 1. The molecular formula is C20H24N2O3. The highest BCUT2D eigenvalue weighted by atomic mass is 16.6. The minimum Gasteiger partial charge on any atom is -0.490 e. The number of allylic oxidation sites excluding steroid dienone is 1. The lowest BCUT2D eigenvalue weighted by atomic mass is 10.1. The molecule has 0 amide bonds. The van der Waals surface area contributed by atoms with E-state index in [9.17, 15) is 0 Å². The Kier molecular flexibility index (Phi) is 7.01. The van der Waals surface area contributed by atoms with Gasteiger partial charge in [-0.3, -0.25) is 4.98 Å². The molecule has 0 fully saturated rings. The summed E-state index contributed by atoms with van der Waals surface area (Å²) in [4.78, 5) is 9.11. The second kappa shape index (κ2) is 9.47. The van der Waals surface area contributed by atoms with E-state index in [1.165, 1.54) is 7.11 Å². The molecule has 0 saturated heterocycles. The summed E-state index contributed by atoms with van der Waals surface area (Å²) >= 11 is 0. The molecule has 1 aromatic carbocycles. The van der Waals surface area contributed by atoms with Crippen LogP contribution >= 0.6 is 0 Å². The van der Waals surface area contributed by atoms with Crippen LogP contribution in [0, 0.1) is 13.8 Å². The first-order chi connectivity index (χ1) is 12.2. The fraction of sp³-hybridized carbons (Fsp3) is 0.300. The number of benzene rings is 1. The average Bonchev–Trinajstić information content (AvgIpc) is 2.60. The number of rotatable bonds is 8. The number of nitrogens with zero attached hydrogens (tertiary/aromatic N) is 2. The zero-order valence-corrected chi connectivity index (χ0v) is 15.2. The van der Waals surface area contributed by atoms with Gasteiger partial charge >= 0.3 is 0 Å². The van der Waals surface area contributed by atoms with Gasteiger partial charge in [0.05, 0.1) is 11.9 Å². The fourth-order valence-electron chi connectivity index (χ4n) is 2.40. The number of ether oxygens (including phenoxy) is 2. The highest BCUT2D eigenvalue weighted by Crippen LogP contribution is 2.29. The Morgan fingerprint density at radius 2 is 1.92 bits per heavy atom. The van der Waals surface area contributed by atoms with Crippen LogP contribution in [0.15, 0.2) is 47.8 Å². The molecule has 0 unspecified atom stereocenters. The summed E-state index contributed by atoms with van der Waals surface area (Å²) < 4.78 is 11.7. The SMILES string of the molecule is C/C=C/COc1cc(C)c(OCc2ncccc2/C=N\OC)c(C)c1. The number of aromatic nitrogens is 1. The molecule has 2 aromatic rings. The summed E-state index contributed by atoms with van der Waals surface area (Å²) in [5.41, 5.74) is 3.72. The zero-order valence-electron chi connectivity index (χ0n) is 15.2. The molecule has 0 aliphatic rings. The van der Waals surface area contributed by atoms with Gasteiger partial charge in [0.15, 0.2) is 0 Å². The second-order valence-electron chi connectivity index (χ2n) is 5.51. The monoisotopic (exact) mass is 340 g/mol. The van der Waals surface area contributed by atoms with Crippen molar-refractivity contribution in [3.05, 3.63) is 65.0 Å². The predicted octanol–water partition coefficient (Wildman–Crippen LogP) is 4.21. The predicted molar refractivity (Wildman–Crippen MR) is 99.4 cm³/mol. The van der Waals surface area contributed by atoms with Gasteiger partial charge in [-0.1, -0.05) is 17.3 Å². The third-order valence-corrected chi connectivity index (χ3v) is 3.59. The Hall–Kier alpha value is -2.82. The van der Waals surface area contributed by atoms with Crippen molar-refractivity contribution in [3.8, 4) is 11.5 Å². The van der Waals surface area contributed by atoms with E-state index in [0.717, 1.165) is 33.9 Å². The topological polar surface area (TPSA) is 52.9 Å². The average molecular weight is 340 g/mol. The summed E-state index contributed by atoms with van der Waals surface area (Å²) in [6, 6.07) is 7.75. The van der Waals surface area contributed by atoms with Crippen molar-refractivity contribution in [2.75, 3.05) is 13.7 Å². The Labute approximate surface area is 148 Å². The van der Waals surface area contributed by atoms with Gasteiger partial charge in [0.1, 0.15) is 31.8 Å². The summed E-state index contributed by atoms with van der Waals surface area (Å²) in [5.74, 6) is 1.69. The lowest BCUT2D eigenvalue weighted by Crippen LogP contribution is -2.05. The molecule has 0 aliphatic heterocycles. The smallest absolute Gasteiger partial charge is 0.131 e. The second-order valence-corrected chi connectivity index (χ2v) is 5.51. The maximum absolute atomic E-state index is 6.02. The van der Waals surface area contributed by atoms with E-state index in [1.54, 1.807) is 12.4 Å². The maximum atomic E-state index is 6.02. The summed E-state index contributed by atoms with van der Waals surface area (Å²) in [7, 11) is 1.51. The van der Waals surface area contributed by atoms with E-state index >= 15 is 0 Å². The summed E-state index contributed by atoms with van der Waals surface area (Å²) in [6.45, 7) is 6.91. The molecule has 132 valence electrons. The Morgan fingerprint density at radius 1 is 1.16 bits per heavy atom. The van der Waals surface area contributed by atoms with Gasteiger partial charge in [-0.2, -0.15) is 0 Å².